The molecule has 0 unspecified atom stereocenters. The maximum atomic E-state index is 12.5. The molecule has 0 saturated heterocycles. The van der Waals surface area contributed by atoms with E-state index in [4.69, 9.17) is 4.74 Å². The molecule has 120 valence electrons. The fourth-order valence-electron chi connectivity index (χ4n) is 2.52. The molecule has 1 amide bonds. The minimum absolute atomic E-state index is 0.333. The van der Waals surface area contributed by atoms with Crippen LogP contribution in [-0.2, 0) is 9.53 Å². The first-order chi connectivity index (χ1) is 11.0. The Morgan fingerprint density at radius 2 is 2.00 bits per heavy atom. The third-order valence-corrected chi connectivity index (χ3v) is 4.48. The van der Waals surface area contributed by atoms with Gasteiger partial charge in [-0.15, -0.1) is 6.58 Å². The van der Waals surface area contributed by atoms with E-state index in [2.05, 4.69) is 11.9 Å². The van der Waals surface area contributed by atoms with Gasteiger partial charge in [0.05, 0.1) is 7.11 Å². The monoisotopic (exact) mass is 329 g/mol. The van der Waals surface area contributed by atoms with E-state index in [-0.39, 0.29) is 5.91 Å². The first-order valence-electron chi connectivity index (χ1n) is 7.13. The Kier molecular flexibility index (Phi) is 5.34. The van der Waals surface area contributed by atoms with Crippen molar-refractivity contribution >= 4 is 23.2 Å². The van der Waals surface area contributed by atoms with E-state index < -0.39 is 17.4 Å². The number of carbonyl (C=O) groups excluding carboxylic acids is 2. The van der Waals surface area contributed by atoms with E-state index in [1.807, 2.05) is 22.9 Å². The van der Waals surface area contributed by atoms with Crippen LogP contribution in [0.4, 0.5) is 0 Å². The fraction of sp³-hybridized carbons (Fsp3) is 0.222. The van der Waals surface area contributed by atoms with Gasteiger partial charge in [0.2, 0.25) is 0 Å². The van der Waals surface area contributed by atoms with Crippen LogP contribution in [0, 0.1) is 0 Å². The summed E-state index contributed by atoms with van der Waals surface area (Å²) in [5.41, 5.74) is 0.145. The van der Waals surface area contributed by atoms with Gasteiger partial charge >= 0.3 is 5.97 Å². The molecule has 2 rings (SSSR count). The quantitative estimate of drug-likeness (QED) is 0.653. The average Bonchev–Trinajstić information content (AvgIpc) is 3.09. The SMILES string of the molecule is C=C[C@H](c1ccsc1)[C@@](C)(NC(=O)c1ccccc1)C(=O)OC. The minimum atomic E-state index is -1.25. The van der Waals surface area contributed by atoms with Crippen molar-refractivity contribution in [3.63, 3.8) is 0 Å². The molecule has 4 nitrogen and oxygen atoms in total. The molecule has 1 aromatic carbocycles. The highest BCUT2D eigenvalue weighted by Gasteiger charge is 2.43. The Morgan fingerprint density at radius 1 is 1.30 bits per heavy atom. The first kappa shape index (κ1) is 17.0. The van der Waals surface area contributed by atoms with Crippen LogP contribution in [0.1, 0.15) is 28.8 Å². The van der Waals surface area contributed by atoms with E-state index in [0.717, 1.165) is 5.56 Å². The second-order valence-corrected chi connectivity index (χ2v) is 6.06. The zero-order chi connectivity index (χ0) is 16.9. The van der Waals surface area contributed by atoms with Gasteiger partial charge in [-0.3, -0.25) is 4.79 Å². The second kappa shape index (κ2) is 7.24. The van der Waals surface area contributed by atoms with Crippen molar-refractivity contribution < 1.29 is 14.3 Å². The highest BCUT2D eigenvalue weighted by molar-refractivity contribution is 7.08. The number of ether oxygens (including phenoxy) is 1. The molecule has 0 bridgehead atoms. The molecule has 1 N–H and O–H groups in total. The number of hydrogen-bond donors (Lipinski definition) is 1. The summed E-state index contributed by atoms with van der Waals surface area (Å²) in [5, 5.41) is 6.67. The van der Waals surface area contributed by atoms with Crippen LogP contribution in [0.15, 0.2) is 59.8 Å². The van der Waals surface area contributed by atoms with Gasteiger partial charge in [-0.25, -0.2) is 4.79 Å². The predicted octanol–water partition coefficient (Wildman–Crippen LogP) is 3.38. The minimum Gasteiger partial charge on any atom is -0.467 e. The topological polar surface area (TPSA) is 55.4 Å². The van der Waals surface area contributed by atoms with Crippen LogP contribution in [0.5, 0.6) is 0 Å². The van der Waals surface area contributed by atoms with Crippen LogP contribution >= 0.6 is 11.3 Å². The van der Waals surface area contributed by atoms with Crippen LogP contribution in [0.25, 0.3) is 0 Å². The van der Waals surface area contributed by atoms with Crippen LogP contribution in [0.3, 0.4) is 0 Å². The molecule has 0 radical (unpaired) electrons. The molecule has 1 heterocycles. The standard InChI is InChI=1S/C18H19NO3S/c1-4-15(14-10-11-23-12-14)18(2,17(21)22-3)19-16(20)13-8-6-5-7-9-13/h4-12,15H,1H2,2-3H3,(H,19,20)/t15-,18-/m1/s1. The van der Waals surface area contributed by atoms with Crippen molar-refractivity contribution in [1.82, 2.24) is 5.32 Å². The van der Waals surface area contributed by atoms with Gasteiger partial charge < -0.3 is 10.1 Å². The summed E-state index contributed by atoms with van der Waals surface area (Å²) in [6, 6.07) is 10.7. The summed E-state index contributed by atoms with van der Waals surface area (Å²) >= 11 is 1.52. The zero-order valence-corrected chi connectivity index (χ0v) is 13.9. The summed E-state index contributed by atoms with van der Waals surface area (Å²) in [5.74, 6) is -1.24. The Balaban J connectivity index is 2.37. The van der Waals surface area contributed by atoms with E-state index in [1.165, 1.54) is 18.4 Å². The average molecular weight is 329 g/mol. The Hall–Kier alpha value is -2.40. The smallest absolute Gasteiger partial charge is 0.332 e. The molecular formula is C18H19NO3S. The van der Waals surface area contributed by atoms with Gasteiger partial charge in [0.15, 0.2) is 0 Å². The molecule has 0 spiro atoms. The lowest BCUT2D eigenvalue weighted by atomic mass is 9.81. The zero-order valence-electron chi connectivity index (χ0n) is 13.1. The number of rotatable bonds is 6. The van der Waals surface area contributed by atoms with Gasteiger partial charge in [0.25, 0.3) is 5.91 Å². The highest BCUT2D eigenvalue weighted by atomic mass is 32.1. The molecule has 2 atom stereocenters. The van der Waals surface area contributed by atoms with Gasteiger partial charge in [-0.05, 0) is 41.4 Å². The fourth-order valence-corrected chi connectivity index (χ4v) is 3.22. The van der Waals surface area contributed by atoms with E-state index in [1.54, 1.807) is 37.3 Å². The summed E-state index contributed by atoms with van der Waals surface area (Å²) in [6.07, 6.45) is 1.66. The third-order valence-electron chi connectivity index (χ3n) is 3.78. The number of benzene rings is 1. The summed E-state index contributed by atoms with van der Waals surface area (Å²) in [6.45, 7) is 5.48. The lowest BCUT2D eigenvalue weighted by Crippen LogP contribution is -2.56. The van der Waals surface area contributed by atoms with E-state index in [9.17, 15) is 9.59 Å². The maximum Gasteiger partial charge on any atom is 0.332 e. The van der Waals surface area contributed by atoms with Gasteiger partial charge in [-0.1, -0.05) is 24.3 Å². The lowest BCUT2D eigenvalue weighted by molar-refractivity contribution is -0.148. The van der Waals surface area contributed by atoms with E-state index >= 15 is 0 Å². The number of thiophene rings is 1. The molecule has 5 heteroatoms. The molecule has 0 saturated carbocycles. The number of esters is 1. The molecule has 23 heavy (non-hydrogen) atoms. The normalized spacial score (nSPS) is 14.3. The van der Waals surface area contributed by atoms with Gasteiger partial charge in [0.1, 0.15) is 5.54 Å². The molecular weight excluding hydrogens is 310 g/mol. The van der Waals surface area contributed by atoms with Crippen LogP contribution in [0.2, 0.25) is 0 Å². The molecule has 0 aliphatic heterocycles. The summed E-state index contributed by atoms with van der Waals surface area (Å²) in [4.78, 5) is 24.9. The number of methoxy groups -OCH3 is 1. The molecule has 0 fully saturated rings. The van der Waals surface area contributed by atoms with Gasteiger partial charge in [0, 0.05) is 11.5 Å². The number of amides is 1. The number of carbonyl (C=O) groups is 2. The summed E-state index contributed by atoms with van der Waals surface area (Å²) in [7, 11) is 1.31. The summed E-state index contributed by atoms with van der Waals surface area (Å²) < 4.78 is 4.93. The largest absolute Gasteiger partial charge is 0.467 e. The predicted molar refractivity (Wildman–Crippen MR) is 91.6 cm³/mol. The second-order valence-electron chi connectivity index (χ2n) is 5.28. The Bertz CT molecular complexity index is 682. The number of nitrogens with one attached hydrogen (secondary N) is 1. The highest BCUT2D eigenvalue weighted by Crippen LogP contribution is 2.32. The van der Waals surface area contributed by atoms with E-state index in [0.29, 0.717) is 5.56 Å². The van der Waals surface area contributed by atoms with Gasteiger partial charge in [-0.2, -0.15) is 11.3 Å². The maximum absolute atomic E-state index is 12.5. The van der Waals surface area contributed by atoms with Crippen molar-refractivity contribution in [2.75, 3.05) is 7.11 Å². The van der Waals surface area contributed by atoms with Crippen molar-refractivity contribution in [2.24, 2.45) is 0 Å². The molecule has 0 aliphatic carbocycles. The van der Waals surface area contributed by atoms with Crippen molar-refractivity contribution in [1.29, 1.82) is 0 Å². The third kappa shape index (κ3) is 3.51. The molecule has 0 aliphatic rings. The van der Waals surface area contributed by atoms with Crippen molar-refractivity contribution in [3.8, 4) is 0 Å². The molecule has 2 aromatic rings. The van der Waals surface area contributed by atoms with Crippen LogP contribution in [-0.4, -0.2) is 24.5 Å². The lowest BCUT2D eigenvalue weighted by Gasteiger charge is -2.34. The Morgan fingerprint density at radius 3 is 2.52 bits per heavy atom. The van der Waals surface area contributed by atoms with Crippen molar-refractivity contribution in [2.45, 2.75) is 18.4 Å². The Labute approximate surface area is 139 Å². The van der Waals surface area contributed by atoms with Crippen LogP contribution < -0.4 is 5.32 Å². The molecule has 1 aromatic heterocycles. The number of hydrogen-bond acceptors (Lipinski definition) is 4. The van der Waals surface area contributed by atoms with Crippen molar-refractivity contribution in [3.05, 3.63) is 70.9 Å². The first-order valence-corrected chi connectivity index (χ1v) is 8.08.